The second kappa shape index (κ2) is 5.92. The standard InChI is InChI=1S/C14H13BrN2O3/c1-9-5-6-13(11(15)7-9)20-8-10-3-2-4-12(14(10)16)17(18)19/h2-7H,8,16H2,1H3. The van der Waals surface area contributed by atoms with Crippen LogP contribution in [0.2, 0.25) is 0 Å². The molecular formula is C14H13BrN2O3. The maximum atomic E-state index is 10.8. The second-order valence-corrected chi connectivity index (χ2v) is 5.18. The Morgan fingerprint density at radius 2 is 2.10 bits per heavy atom. The lowest BCUT2D eigenvalue weighted by molar-refractivity contribution is -0.384. The van der Waals surface area contributed by atoms with Gasteiger partial charge in [0.1, 0.15) is 18.0 Å². The summed E-state index contributed by atoms with van der Waals surface area (Å²) in [7, 11) is 0. The van der Waals surface area contributed by atoms with Gasteiger partial charge in [0.2, 0.25) is 0 Å². The van der Waals surface area contributed by atoms with E-state index in [0.717, 1.165) is 10.0 Å². The van der Waals surface area contributed by atoms with E-state index < -0.39 is 4.92 Å². The third kappa shape index (κ3) is 3.08. The van der Waals surface area contributed by atoms with Crippen LogP contribution in [0, 0.1) is 17.0 Å². The van der Waals surface area contributed by atoms with Crippen molar-refractivity contribution in [1.82, 2.24) is 0 Å². The SMILES string of the molecule is Cc1ccc(OCc2cccc([N+](=O)[O-])c2N)c(Br)c1. The quantitative estimate of drug-likeness (QED) is 0.522. The van der Waals surface area contributed by atoms with Gasteiger partial charge in [0, 0.05) is 11.6 Å². The Bertz CT molecular complexity index is 659. The van der Waals surface area contributed by atoms with E-state index in [1.807, 2.05) is 25.1 Å². The van der Waals surface area contributed by atoms with E-state index in [1.54, 1.807) is 12.1 Å². The van der Waals surface area contributed by atoms with Gasteiger partial charge in [-0.25, -0.2) is 0 Å². The molecule has 0 aliphatic heterocycles. The fourth-order valence-corrected chi connectivity index (χ4v) is 2.37. The number of nitrogens with two attached hydrogens (primary N) is 1. The Morgan fingerprint density at radius 1 is 1.35 bits per heavy atom. The topological polar surface area (TPSA) is 78.4 Å². The molecule has 20 heavy (non-hydrogen) atoms. The van der Waals surface area contributed by atoms with E-state index in [0.29, 0.717) is 11.3 Å². The number of hydrogen-bond donors (Lipinski definition) is 1. The van der Waals surface area contributed by atoms with Crippen LogP contribution in [0.5, 0.6) is 5.75 Å². The molecule has 0 unspecified atom stereocenters. The number of ether oxygens (including phenoxy) is 1. The Labute approximate surface area is 124 Å². The molecule has 0 radical (unpaired) electrons. The van der Waals surface area contributed by atoms with Crippen LogP contribution in [0.15, 0.2) is 40.9 Å². The summed E-state index contributed by atoms with van der Waals surface area (Å²) in [5, 5.41) is 10.8. The number of aryl methyl sites for hydroxylation is 1. The number of nitrogens with zero attached hydrogens (tertiary/aromatic N) is 1. The van der Waals surface area contributed by atoms with Crippen molar-refractivity contribution < 1.29 is 9.66 Å². The highest BCUT2D eigenvalue weighted by molar-refractivity contribution is 9.10. The summed E-state index contributed by atoms with van der Waals surface area (Å²) in [6, 6.07) is 10.4. The van der Waals surface area contributed by atoms with Crippen LogP contribution in [-0.4, -0.2) is 4.92 Å². The first-order chi connectivity index (χ1) is 9.49. The van der Waals surface area contributed by atoms with Crippen molar-refractivity contribution in [3.63, 3.8) is 0 Å². The van der Waals surface area contributed by atoms with Crippen LogP contribution in [0.3, 0.4) is 0 Å². The van der Waals surface area contributed by atoms with Crippen molar-refractivity contribution in [3.05, 3.63) is 62.1 Å². The average Bonchev–Trinajstić information content (AvgIpc) is 2.39. The van der Waals surface area contributed by atoms with Gasteiger partial charge < -0.3 is 10.5 Å². The molecule has 6 heteroatoms. The molecule has 0 saturated carbocycles. The molecule has 0 aliphatic carbocycles. The molecule has 0 spiro atoms. The highest BCUT2D eigenvalue weighted by Gasteiger charge is 2.14. The first-order valence-corrected chi connectivity index (χ1v) is 6.69. The molecule has 2 N–H and O–H groups in total. The summed E-state index contributed by atoms with van der Waals surface area (Å²) in [6.45, 7) is 2.16. The zero-order valence-electron chi connectivity index (χ0n) is 10.8. The van der Waals surface area contributed by atoms with Crippen molar-refractivity contribution in [1.29, 1.82) is 0 Å². The molecule has 5 nitrogen and oxygen atoms in total. The van der Waals surface area contributed by atoms with E-state index in [-0.39, 0.29) is 18.0 Å². The van der Waals surface area contributed by atoms with Gasteiger partial charge in [0.25, 0.3) is 5.69 Å². The molecule has 0 amide bonds. The predicted octanol–water partition coefficient (Wildman–Crippen LogP) is 3.83. The highest BCUT2D eigenvalue weighted by atomic mass is 79.9. The number of anilines is 1. The van der Waals surface area contributed by atoms with Gasteiger partial charge in [0.05, 0.1) is 9.40 Å². The number of hydrogen-bond acceptors (Lipinski definition) is 4. The number of benzene rings is 2. The van der Waals surface area contributed by atoms with Gasteiger partial charge in [-0.15, -0.1) is 0 Å². The Balaban J connectivity index is 2.19. The lowest BCUT2D eigenvalue weighted by atomic mass is 10.1. The molecule has 2 rings (SSSR count). The Hall–Kier alpha value is -2.08. The molecule has 0 bridgehead atoms. The van der Waals surface area contributed by atoms with E-state index in [1.165, 1.54) is 6.07 Å². The molecule has 2 aromatic rings. The van der Waals surface area contributed by atoms with Crippen molar-refractivity contribution >= 4 is 27.3 Å². The van der Waals surface area contributed by atoms with Crippen LogP contribution in [0.25, 0.3) is 0 Å². The molecular weight excluding hydrogens is 324 g/mol. The number of para-hydroxylation sites is 1. The van der Waals surface area contributed by atoms with Crippen molar-refractivity contribution in [2.75, 3.05) is 5.73 Å². The average molecular weight is 337 g/mol. The number of nitro benzene ring substituents is 1. The summed E-state index contributed by atoms with van der Waals surface area (Å²) in [5.41, 5.74) is 7.51. The number of halogens is 1. The largest absolute Gasteiger partial charge is 0.488 e. The minimum Gasteiger partial charge on any atom is -0.488 e. The van der Waals surface area contributed by atoms with E-state index in [9.17, 15) is 10.1 Å². The van der Waals surface area contributed by atoms with Crippen LogP contribution < -0.4 is 10.5 Å². The minimum absolute atomic E-state index is 0.103. The number of nitro groups is 1. The number of nitrogen functional groups attached to an aromatic ring is 1. The van der Waals surface area contributed by atoms with Crippen molar-refractivity contribution in [3.8, 4) is 5.75 Å². The normalized spacial score (nSPS) is 10.3. The fraction of sp³-hybridized carbons (Fsp3) is 0.143. The van der Waals surface area contributed by atoms with Gasteiger partial charge in [0.15, 0.2) is 0 Å². The van der Waals surface area contributed by atoms with Crippen LogP contribution >= 0.6 is 15.9 Å². The zero-order chi connectivity index (χ0) is 14.7. The van der Waals surface area contributed by atoms with Gasteiger partial charge in [-0.2, -0.15) is 0 Å². The summed E-state index contributed by atoms with van der Waals surface area (Å²) in [4.78, 5) is 10.3. The third-order valence-electron chi connectivity index (χ3n) is 2.84. The molecule has 0 atom stereocenters. The fourth-order valence-electron chi connectivity index (χ4n) is 1.76. The molecule has 104 valence electrons. The van der Waals surface area contributed by atoms with Gasteiger partial charge >= 0.3 is 0 Å². The maximum Gasteiger partial charge on any atom is 0.292 e. The third-order valence-corrected chi connectivity index (χ3v) is 3.46. The summed E-state index contributed by atoms with van der Waals surface area (Å²) in [5.74, 6) is 0.668. The van der Waals surface area contributed by atoms with Gasteiger partial charge in [-0.1, -0.05) is 18.2 Å². The smallest absolute Gasteiger partial charge is 0.292 e. The number of rotatable bonds is 4. The van der Waals surface area contributed by atoms with E-state index in [4.69, 9.17) is 10.5 Å². The first kappa shape index (κ1) is 14.3. The molecule has 0 saturated heterocycles. The van der Waals surface area contributed by atoms with Gasteiger partial charge in [-0.3, -0.25) is 10.1 Å². The summed E-state index contributed by atoms with van der Waals surface area (Å²) >= 11 is 3.41. The monoisotopic (exact) mass is 336 g/mol. The summed E-state index contributed by atoms with van der Waals surface area (Å²) in [6.07, 6.45) is 0. The molecule has 0 aromatic heterocycles. The van der Waals surface area contributed by atoms with Gasteiger partial charge in [-0.05, 0) is 40.5 Å². The molecule has 0 aliphatic rings. The summed E-state index contributed by atoms with van der Waals surface area (Å²) < 4.78 is 6.48. The van der Waals surface area contributed by atoms with E-state index in [2.05, 4.69) is 15.9 Å². The molecule has 0 fully saturated rings. The molecule has 0 heterocycles. The van der Waals surface area contributed by atoms with Crippen molar-refractivity contribution in [2.24, 2.45) is 0 Å². The Morgan fingerprint density at radius 3 is 2.75 bits per heavy atom. The predicted molar refractivity (Wildman–Crippen MR) is 80.7 cm³/mol. The zero-order valence-corrected chi connectivity index (χ0v) is 12.4. The van der Waals surface area contributed by atoms with Crippen LogP contribution in [0.1, 0.15) is 11.1 Å². The van der Waals surface area contributed by atoms with Crippen molar-refractivity contribution in [2.45, 2.75) is 13.5 Å². The van der Waals surface area contributed by atoms with E-state index >= 15 is 0 Å². The maximum absolute atomic E-state index is 10.8. The highest BCUT2D eigenvalue weighted by Crippen LogP contribution is 2.29. The van der Waals surface area contributed by atoms with Crippen LogP contribution in [-0.2, 0) is 6.61 Å². The van der Waals surface area contributed by atoms with Crippen LogP contribution in [0.4, 0.5) is 11.4 Å². The molecule has 2 aromatic carbocycles. The second-order valence-electron chi connectivity index (χ2n) is 4.33. The lowest BCUT2D eigenvalue weighted by Crippen LogP contribution is -2.03. The lowest BCUT2D eigenvalue weighted by Gasteiger charge is -2.10. The minimum atomic E-state index is -0.499. The first-order valence-electron chi connectivity index (χ1n) is 5.89. The Kier molecular flexibility index (Phi) is 4.24.